The van der Waals surface area contributed by atoms with Crippen molar-refractivity contribution in [2.45, 2.75) is 12.8 Å². The second-order valence-corrected chi connectivity index (χ2v) is 6.90. The van der Waals surface area contributed by atoms with Gasteiger partial charge in [-0.3, -0.25) is 9.59 Å². The van der Waals surface area contributed by atoms with Crippen molar-refractivity contribution < 1.29 is 9.59 Å². The molecule has 3 N–H and O–H groups in total. The molecule has 148 valence electrons. The van der Waals surface area contributed by atoms with Gasteiger partial charge in [-0.2, -0.15) is 0 Å². The summed E-state index contributed by atoms with van der Waals surface area (Å²) in [6, 6.07) is 24.2. The molecule has 3 rings (SSSR count). The third-order valence-corrected chi connectivity index (χ3v) is 4.58. The summed E-state index contributed by atoms with van der Waals surface area (Å²) in [7, 11) is 0. The average Bonchev–Trinajstić information content (AvgIpc) is 2.74. The standard InChI is InChI=1S/C23H22ClN3O2/c24-20-8-4-5-9-21(20)27-23(29)16-25-18-11-13-19(14-12-18)26-22(28)15-10-17-6-2-1-3-7-17/h1-9,11-14,25H,10,15-16H2,(H,26,28)(H,27,29). The van der Waals surface area contributed by atoms with Gasteiger partial charge >= 0.3 is 0 Å². The number of benzene rings is 3. The van der Waals surface area contributed by atoms with Crippen LogP contribution < -0.4 is 16.0 Å². The van der Waals surface area contributed by atoms with Crippen LogP contribution in [-0.4, -0.2) is 18.4 Å². The summed E-state index contributed by atoms with van der Waals surface area (Å²) >= 11 is 6.03. The van der Waals surface area contributed by atoms with E-state index in [1.54, 1.807) is 30.3 Å². The van der Waals surface area contributed by atoms with E-state index in [9.17, 15) is 9.59 Å². The topological polar surface area (TPSA) is 70.2 Å². The minimum absolute atomic E-state index is 0.0336. The molecule has 0 aliphatic carbocycles. The van der Waals surface area contributed by atoms with Crippen LogP contribution in [0.2, 0.25) is 5.02 Å². The van der Waals surface area contributed by atoms with E-state index in [0.717, 1.165) is 11.3 Å². The van der Waals surface area contributed by atoms with Gasteiger partial charge in [0, 0.05) is 17.8 Å². The predicted octanol–water partition coefficient (Wildman–Crippen LogP) is 4.96. The van der Waals surface area contributed by atoms with Gasteiger partial charge < -0.3 is 16.0 Å². The molecule has 0 unspecified atom stereocenters. The third kappa shape index (κ3) is 6.66. The molecule has 2 amide bonds. The van der Waals surface area contributed by atoms with E-state index in [4.69, 9.17) is 11.6 Å². The second-order valence-electron chi connectivity index (χ2n) is 6.49. The molecule has 0 atom stereocenters. The lowest BCUT2D eigenvalue weighted by Gasteiger charge is -2.10. The molecule has 0 saturated heterocycles. The quantitative estimate of drug-likeness (QED) is 0.494. The van der Waals surface area contributed by atoms with Crippen molar-refractivity contribution in [1.29, 1.82) is 0 Å². The van der Waals surface area contributed by atoms with E-state index < -0.39 is 0 Å². The van der Waals surface area contributed by atoms with Gasteiger partial charge in [-0.05, 0) is 48.4 Å². The Balaban J connectivity index is 1.43. The molecule has 0 aromatic heterocycles. The molecule has 0 heterocycles. The Labute approximate surface area is 175 Å². The van der Waals surface area contributed by atoms with E-state index in [0.29, 0.717) is 29.2 Å². The maximum Gasteiger partial charge on any atom is 0.243 e. The summed E-state index contributed by atoms with van der Waals surface area (Å²) in [5.41, 5.74) is 3.21. The number of carbonyl (C=O) groups excluding carboxylic acids is 2. The van der Waals surface area contributed by atoms with Crippen molar-refractivity contribution in [3.63, 3.8) is 0 Å². The molecule has 5 nitrogen and oxygen atoms in total. The number of hydrogen-bond donors (Lipinski definition) is 3. The van der Waals surface area contributed by atoms with Crippen LogP contribution in [0.5, 0.6) is 0 Å². The van der Waals surface area contributed by atoms with Gasteiger partial charge in [0.2, 0.25) is 11.8 Å². The zero-order valence-corrected chi connectivity index (χ0v) is 16.6. The van der Waals surface area contributed by atoms with Crippen molar-refractivity contribution >= 4 is 40.5 Å². The molecule has 0 spiro atoms. The number of para-hydroxylation sites is 1. The van der Waals surface area contributed by atoms with E-state index in [2.05, 4.69) is 16.0 Å². The first-order chi connectivity index (χ1) is 14.1. The first-order valence-corrected chi connectivity index (χ1v) is 9.70. The van der Waals surface area contributed by atoms with Crippen molar-refractivity contribution in [2.75, 3.05) is 22.5 Å². The molecule has 0 bridgehead atoms. The van der Waals surface area contributed by atoms with Crippen molar-refractivity contribution in [2.24, 2.45) is 0 Å². The number of aryl methyl sites for hydroxylation is 1. The van der Waals surface area contributed by atoms with Crippen molar-refractivity contribution in [3.05, 3.63) is 89.4 Å². The van der Waals surface area contributed by atoms with Gasteiger partial charge in [-0.25, -0.2) is 0 Å². The fraction of sp³-hybridized carbons (Fsp3) is 0.130. The molecule has 3 aromatic rings. The third-order valence-electron chi connectivity index (χ3n) is 4.25. The molecule has 0 saturated carbocycles. The number of rotatable bonds is 8. The molecule has 0 radical (unpaired) electrons. The Morgan fingerprint density at radius 1 is 0.724 bits per heavy atom. The SMILES string of the molecule is O=C(CCc1ccccc1)Nc1ccc(NCC(=O)Nc2ccccc2Cl)cc1. The average molecular weight is 408 g/mol. The van der Waals surface area contributed by atoms with E-state index in [-0.39, 0.29) is 18.4 Å². The highest BCUT2D eigenvalue weighted by Crippen LogP contribution is 2.20. The van der Waals surface area contributed by atoms with Crippen LogP contribution in [0, 0.1) is 0 Å². The molecule has 0 aliphatic rings. The van der Waals surface area contributed by atoms with Gasteiger partial charge in [0.15, 0.2) is 0 Å². The number of nitrogens with one attached hydrogen (secondary N) is 3. The first-order valence-electron chi connectivity index (χ1n) is 9.32. The summed E-state index contributed by atoms with van der Waals surface area (Å²) < 4.78 is 0. The normalized spacial score (nSPS) is 10.2. The van der Waals surface area contributed by atoms with Crippen LogP contribution >= 0.6 is 11.6 Å². The zero-order valence-electron chi connectivity index (χ0n) is 15.8. The van der Waals surface area contributed by atoms with Crippen LogP contribution in [0.4, 0.5) is 17.1 Å². The highest BCUT2D eigenvalue weighted by Gasteiger charge is 2.06. The predicted molar refractivity (Wildman–Crippen MR) is 118 cm³/mol. The Kier molecular flexibility index (Phi) is 7.25. The Bertz CT molecular complexity index is 959. The van der Waals surface area contributed by atoms with E-state index in [1.807, 2.05) is 48.5 Å². The molecule has 6 heteroatoms. The fourth-order valence-corrected chi connectivity index (χ4v) is 2.92. The van der Waals surface area contributed by atoms with Crippen LogP contribution in [-0.2, 0) is 16.0 Å². The van der Waals surface area contributed by atoms with Gasteiger partial charge in [0.05, 0.1) is 17.3 Å². The lowest BCUT2D eigenvalue weighted by molar-refractivity contribution is -0.116. The fourth-order valence-electron chi connectivity index (χ4n) is 2.74. The maximum atomic E-state index is 12.1. The second kappa shape index (κ2) is 10.3. The first kappa shape index (κ1) is 20.4. The zero-order chi connectivity index (χ0) is 20.5. The summed E-state index contributed by atoms with van der Waals surface area (Å²) in [5, 5.41) is 9.17. The van der Waals surface area contributed by atoms with Crippen molar-refractivity contribution in [1.82, 2.24) is 0 Å². The number of amides is 2. The van der Waals surface area contributed by atoms with Gasteiger partial charge in [0.25, 0.3) is 0 Å². The smallest absolute Gasteiger partial charge is 0.243 e. The molecule has 0 fully saturated rings. The minimum atomic E-state index is -0.198. The molecular weight excluding hydrogens is 386 g/mol. The van der Waals surface area contributed by atoms with Crippen LogP contribution in [0.3, 0.4) is 0 Å². The minimum Gasteiger partial charge on any atom is -0.376 e. The number of anilines is 3. The van der Waals surface area contributed by atoms with Gasteiger partial charge in [-0.1, -0.05) is 54.1 Å². The highest BCUT2D eigenvalue weighted by molar-refractivity contribution is 6.33. The van der Waals surface area contributed by atoms with Gasteiger partial charge in [0.1, 0.15) is 0 Å². The van der Waals surface area contributed by atoms with Crippen LogP contribution in [0.1, 0.15) is 12.0 Å². The number of carbonyl (C=O) groups is 2. The molecule has 29 heavy (non-hydrogen) atoms. The summed E-state index contributed by atoms with van der Waals surface area (Å²) in [4.78, 5) is 24.1. The van der Waals surface area contributed by atoms with Crippen LogP contribution in [0.25, 0.3) is 0 Å². The lowest BCUT2D eigenvalue weighted by Crippen LogP contribution is -2.21. The molecule has 3 aromatic carbocycles. The van der Waals surface area contributed by atoms with E-state index in [1.165, 1.54) is 0 Å². The Morgan fingerprint density at radius 2 is 1.38 bits per heavy atom. The Hall–Kier alpha value is -3.31. The summed E-state index contributed by atoms with van der Waals surface area (Å²) in [5.74, 6) is -0.231. The van der Waals surface area contributed by atoms with Gasteiger partial charge in [-0.15, -0.1) is 0 Å². The van der Waals surface area contributed by atoms with Crippen molar-refractivity contribution in [3.8, 4) is 0 Å². The number of hydrogen-bond acceptors (Lipinski definition) is 3. The molecular formula is C23H22ClN3O2. The largest absolute Gasteiger partial charge is 0.376 e. The van der Waals surface area contributed by atoms with Crippen LogP contribution in [0.15, 0.2) is 78.9 Å². The van der Waals surface area contributed by atoms with E-state index >= 15 is 0 Å². The monoisotopic (exact) mass is 407 g/mol. The Morgan fingerprint density at radius 3 is 2.10 bits per heavy atom. The number of halogens is 1. The maximum absolute atomic E-state index is 12.1. The highest BCUT2D eigenvalue weighted by atomic mass is 35.5. The lowest BCUT2D eigenvalue weighted by atomic mass is 10.1. The molecule has 0 aliphatic heterocycles. The summed E-state index contributed by atoms with van der Waals surface area (Å²) in [6.45, 7) is 0.105. The summed E-state index contributed by atoms with van der Waals surface area (Å²) in [6.07, 6.45) is 1.12.